The van der Waals surface area contributed by atoms with E-state index in [1.54, 1.807) is 24.3 Å². The van der Waals surface area contributed by atoms with Gasteiger partial charge in [-0.2, -0.15) is 0 Å². The van der Waals surface area contributed by atoms with Crippen LogP contribution in [0, 0.1) is 0 Å². The molecule has 0 bridgehead atoms. The second-order valence-electron chi connectivity index (χ2n) is 29.7. The van der Waals surface area contributed by atoms with Gasteiger partial charge in [-0.05, 0) is 87.1 Å². The van der Waals surface area contributed by atoms with Crippen LogP contribution < -0.4 is 19.3 Å². The molecule has 0 heterocycles. The molecule has 4 unspecified atom stereocenters. The van der Waals surface area contributed by atoms with Gasteiger partial charge in [0.25, 0.3) is 0 Å². The summed E-state index contributed by atoms with van der Waals surface area (Å²) in [7, 11) is 2.88. The molecule has 0 aliphatic heterocycles. The maximum absolute atomic E-state index is 13.3. The number of carbonyl (C=O) groups excluding carboxylic acids is 5. The number of benzene rings is 2. The molecule has 4 atom stereocenters. The number of carbonyl (C=O) groups is 5. The number of esters is 4. The molecule has 0 saturated heterocycles. The molecular weight excluding hydrogens is 1310 g/mol. The number of rotatable bonds is 68. The summed E-state index contributed by atoms with van der Waals surface area (Å²) in [4.78, 5) is 90.1. The standard InChI is InChI=1S/C79H138N2O17P2/c1-9-11-13-15-17-19-21-23-29-35-41-47-75(82)93-65-73(67-99(87,88)95-63-59-80(3,4)5)97-77(84)49-43-37-31-25-27-33-39-45-61-91-71-55-51-69(52-56-71)79(86)70-53-57-72(58-54-70)92-62-46-40-34-28-26-32-38-44-50-78(85)98-74(68-100(89,90)96-64-60-81(6,7)8)66-94-76(83)48-42-36-30-24-22-20-18-16-14-12-10-2/h51-58,73-74H,9-50,59-68H2,1-8H3. The highest BCUT2D eigenvalue weighted by Gasteiger charge is 2.26. The first-order chi connectivity index (χ1) is 47.9. The van der Waals surface area contributed by atoms with E-state index in [4.69, 9.17) is 37.5 Å². The van der Waals surface area contributed by atoms with Crippen LogP contribution in [-0.2, 0) is 56.3 Å². The lowest BCUT2D eigenvalue weighted by molar-refractivity contribution is -0.870. The third kappa shape index (κ3) is 54.5. The summed E-state index contributed by atoms with van der Waals surface area (Å²) in [6.07, 6.45) is 38.0. The highest BCUT2D eigenvalue weighted by atomic mass is 31.2. The second kappa shape index (κ2) is 57.2. The molecule has 576 valence electrons. The molecular formula is C79H138N2O17P2. The van der Waals surface area contributed by atoms with Gasteiger partial charge < -0.3 is 65.4 Å². The number of unbranched alkanes of at least 4 members (excludes halogenated alkanes) is 34. The smallest absolute Gasteiger partial charge is 0.306 e. The zero-order valence-electron chi connectivity index (χ0n) is 63.8. The first-order valence-electron chi connectivity index (χ1n) is 39.1. The molecule has 0 aliphatic carbocycles. The fourth-order valence-corrected chi connectivity index (χ4v) is 13.7. The van der Waals surface area contributed by atoms with Crippen molar-refractivity contribution >= 4 is 44.9 Å². The molecule has 2 aromatic rings. The van der Waals surface area contributed by atoms with Crippen LogP contribution in [0.2, 0.25) is 0 Å². The maximum Gasteiger partial charge on any atom is 0.306 e. The molecule has 0 N–H and O–H groups in total. The van der Waals surface area contributed by atoms with Gasteiger partial charge in [0.15, 0.2) is 5.78 Å². The van der Waals surface area contributed by atoms with Crippen LogP contribution in [0.25, 0.3) is 0 Å². The molecule has 19 nitrogen and oxygen atoms in total. The predicted octanol–water partition coefficient (Wildman–Crippen LogP) is 17.6. The Labute approximate surface area is 605 Å². The summed E-state index contributed by atoms with van der Waals surface area (Å²) in [5.41, 5.74) is 1.14. The van der Waals surface area contributed by atoms with Gasteiger partial charge in [-0.25, -0.2) is 0 Å². The molecule has 0 aliphatic rings. The van der Waals surface area contributed by atoms with Crippen molar-refractivity contribution in [2.24, 2.45) is 0 Å². The summed E-state index contributed by atoms with van der Waals surface area (Å²) < 4.78 is 71.4. The lowest BCUT2D eigenvalue weighted by Crippen LogP contribution is -2.38. The minimum absolute atomic E-state index is 0.00174. The highest BCUT2D eigenvalue weighted by Crippen LogP contribution is 2.39. The topological polar surface area (TPSA) is 239 Å². The van der Waals surface area contributed by atoms with E-state index in [0.29, 0.717) is 83.6 Å². The zero-order valence-corrected chi connectivity index (χ0v) is 65.6. The van der Waals surface area contributed by atoms with Crippen molar-refractivity contribution in [1.29, 1.82) is 0 Å². The number of hydrogen-bond donors (Lipinski definition) is 0. The number of ketones is 1. The number of quaternary nitrogens is 2. The molecule has 2 aromatic carbocycles. The molecule has 0 spiro atoms. The van der Waals surface area contributed by atoms with Gasteiger partial charge in [-0.1, -0.05) is 219 Å². The second-order valence-corrected chi connectivity index (χ2v) is 33.4. The zero-order chi connectivity index (χ0) is 73.4. The summed E-state index contributed by atoms with van der Waals surface area (Å²) >= 11 is 0. The average molecular weight is 1450 g/mol. The van der Waals surface area contributed by atoms with Crippen molar-refractivity contribution in [3.05, 3.63) is 59.7 Å². The van der Waals surface area contributed by atoms with Crippen LogP contribution in [0.4, 0.5) is 0 Å². The van der Waals surface area contributed by atoms with Crippen molar-refractivity contribution in [3.63, 3.8) is 0 Å². The van der Waals surface area contributed by atoms with Crippen LogP contribution in [0.5, 0.6) is 11.5 Å². The number of hydrogen-bond acceptors (Lipinski definition) is 17. The quantitative estimate of drug-likeness (QED) is 0.0149. The summed E-state index contributed by atoms with van der Waals surface area (Å²) in [5.74, 6) is -0.536. The fraction of sp³-hybridized carbons (Fsp3) is 0.785. The molecule has 0 radical (unpaired) electrons. The van der Waals surface area contributed by atoms with Crippen LogP contribution in [0.3, 0.4) is 0 Å². The van der Waals surface area contributed by atoms with E-state index in [0.717, 1.165) is 128 Å². The molecule has 2 rings (SSSR count). The average Bonchev–Trinajstić information content (AvgIpc) is 0.867. The van der Waals surface area contributed by atoms with E-state index in [2.05, 4.69) is 13.8 Å². The molecule has 100 heavy (non-hydrogen) atoms. The van der Waals surface area contributed by atoms with Crippen molar-refractivity contribution < 1.29 is 89.3 Å². The minimum atomic E-state index is -4.37. The van der Waals surface area contributed by atoms with E-state index in [1.165, 1.54) is 89.9 Å². The van der Waals surface area contributed by atoms with E-state index >= 15 is 0 Å². The number of ether oxygens (including phenoxy) is 6. The summed E-state index contributed by atoms with van der Waals surface area (Å²) in [5, 5.41) is 0. The lowest BCUT2D eigenvalue weighted by atomic mass is 10.0. The van der Waals surface area contributed by atoms with Crippen LogP contribution in [-0.4, -0.2) is 158 Å². The normalized spacial score (nSPS) is 13.6. The Bertz CT molecular complexity index is 2350. The Balaban J connectivity index is 1.59. The number of likely N-dealkylation sites (N-methyl/N-ethyl adjacent to an activating group) is 2. The summed E-state index contributed by atoms with van der Waals surface area (Å²) in [6, 6.07) is 14.4. The van der Waals surface area contributed by atoms with E-state index < -0.39 is 63.6 Å². The Kier molecular flexibility index (Phi) is 52.5. The first kappa shape index (κ1) is 91.9. The van der Waals surface area contributed by atoms with Crippen molar-refractivity contribution in [2.45, 2.75) is 296 Å². The van der Waals surface area contributed by atoms with Gasteiger partial charge in [0.2, 0.25) is 0 Å². The molecule has 0 aromatic heterocycles. The minimum Gasteiger partial charge on any atom is -0.778 e. The van der Waals surface area contributed by atoms with Crippen LogP contribution >= 0.6 is 15.2 Å². The Hall–Kier alpha value is -4.19. The van der Waals surface area contributed by atoms with E-state index in [9.17, 15) is 42.9 Å². The van der Waals surface area contributed by atoms with Crippen molar-refractivity contribution in [2.75, 3.05) is 107 Å². The van der Waals surface area contributed by atoms with E-state index in [1.807, 2.05) is 66.6 Å². The fourth-order valence-electron chi connectivity index (χ4n) is 11.4. The Morgan fingerprint density at radius 2 is 0.600 bits per heavy atom. The van der Waals surface area contributed by atoms with Crippen molar-refractivity contribution in [1.82, 2.24) is 0 Å². The van der Waals surface area contributed by atoms with Gasteiger partial charge in [-0.3, -0.25) is 24.0 Å². The molecule has 0 fully saturated rings. The monoisotopic (exact) mass is 1450 g/mol. The Morgan fingerprint density at radius 3 is 0.870 bits per heavy atom. The van der Waals surface area contributed by atoms with Gasteiger partial charge in [-0.15, -0.1) is 0 Å². The highest BCUT2D eigenvalue weighted by molar-refractivity contribution is 7.51. The largest absolute Gasteiger partial charge is 0.778 e. The molecule has 0 amide bonds. The third-order valence-electron chi connectivity index (χ3n) is 17.7. The number of nitrogens with zero attached hydrogens (tertiary/aromatic N) is 2. The van der Waals surface area contributed by atoms with Gasteiger partial charge in [0.05, 0.1) is 67.8 Å². The third-order valence-corrected chi connectivity index (χ3v) is 20.6. The van der Waals surface area contributed by atoms with Crippen molar-refractivity contribution in [3.8, 4) is 11.5 Å². The van der Waals surface area contributed by atoms with Crippen LogP contribution in [0.1, 0.15) is 299 Å². The first-order valence-corrected chi connectivity index (χ1v) is 42.6. The Morgan fingerprint density at radius 1 is 0.350 bits per heavy atom. The van der Waals surface area contributed by atoms with Gasteiger partial charge in [0.1, 0.15) is 78.4 Å². The van der Waals surface area contributed by atoms with Crippen LogP contribution in [0.15, 0.2) is 48.5 Å². The van der Waals surface area contributed by atoms with Gasteiger partial charge >= 0.3 is 23.9 Å². The molecule has 0 saturated carbocycles. The predicted molar refractivity (Wildman–Crippen MR) is 397 cm³/mol. The lowest BCUT2D eigenvalue weighted by Gasteiger charge is -2.30. The summed E-state index contributed by atoms with van der Waals surface area (Å²) in [6.45, 7) is 5.90. The maximum atomic E-state index is 13.3. The SMILES string of the molecule is CCCCCCCCCCCCCC(=O)OCC(CP(=O)([O-])OCC[N+](C)(C)C)OC(=O)CCCCCCCCCCOc1ccc(C(=O)c2ccc(OCCCCCCCCCCC(=O)OC(COC(=O)CCCCCCCCCCCCC)CP(=O)([O-])OCC[N+](C)(C)C)cc2)cc1. The van der Waals surface area contributed by atoms with Gasteiger partial charge in [0, 0.05) is 36.8 Å². The van der Waals surface area contributed by atoms with E-state index in [-0.39, 0.29) is 57.9 Å². The molecule has 21 heteroatoms.